The molecule has 0 aliphatic rings. The highest BCUT2D eigenvalue weighted by atomic mass is 28.4. The van der Waals surface area contributed by atoms with Crippen LogP contribution in [0.3, 0.4) is 0 Å². The van der Waals surface area contributed by atoms with Gasteiger partial charge in [-0.15, -0.1) is 0 Å². The lowest BCUT2D eigenvalue weighted by atomic mass is 9.94. The first-order valence-electron chi connectivity index (χ1n) is 5.91. The summed E-state index contributed by atoms with van der Waals surface area (Å²) in [5.41, 5.74) is 0.249. The van der Waals surface area contributed by atoms with E-state index in [1.807, 2.05) is 44.2 Å². The van der Waals surface area contributed by atoms with Crippen LogP contribution in [0, 0.1) is 0 Å². The van der Waals surface area contributed by atoms with Crippen LogP contribution in [0.15, 0.2) is 42.2 Å². The van der Waals surface area contributed by atoms with E-state index in [1.54, 1.807) is 6.08 Å². The second kappa shape index (κ2) is 5.06. The predicted octanol–water partition coefficient (Wildman–Crippen LogP) is 4.22. The van der Waals surface area contributed by atoms with Gasteiger partial charge >= 0.3 is 0 Å². The Labute approximate surface area is 105 Å². The van der Waals surface area contributed by atoms with Gasteiger partial charge in [0.05, 0.1) is 0 Å². The third-order valence-electron chi connectivity index (χ3n) is 2.60. The molecule has 0 unspecified atom stereocenters. The molecule has 1 rings (SSSR count). The van der Waals surface area contributed by atoms with Gasteiger partial charge < -0.3 is 9.53 Å². The molecule has 0 fully saturated rings. The number of benzene rings is 1. The van der Waals surface area contributed by atoms with Crippen molar-refractivity contribution in [3.8, 4) is 0 Å². The average molecular weight is 250 g/mol. The minimum atomic E-state index is -1.76. The van der Waals surface area contributed by atoms with Crippen molar-refractivity contribution in [3.63, 3.8) is 0 Å². The first kappa shape index (κ1) is 14.0. The van der Waals surface area contributed by atoms with Gasteiger partial charge in [-0.25, -0.2) is 0 Å². The Morgan fingerprint density at radius 1 is 1.24 bits per heavy atom. The maximum absolute atomic E-state index is 10.2. The number of aliphatic hydroxyl groups excluding tert-OH is 1. The van der Waals surface area contributed by atoms with Crippen molar-refractivity contribution in [2.24, 2.45) is 0 Å². The summed E-state index contributed by atoms with van der Waals surface area (Å²) in [7, 11) is -1.76. The lowest BCUT2D eigenvalue weighted by Gasteiger charge is -2.36. The minimum Gasteiger partial charge on any atom is -0.509 e. The maximum atomic E-state index is 10.2. The van der Waals surface area contributed by atoms with E-state index in [4.69, 9.17) is 4.43 Å². The van der Waals surface area contributed by atoms with Crippen molar-refractivity contribution in [3.05, 3.63) is 47.7 Å². The summed E-state index contributed by atoms with van der Waals surface area (Å²) < 4.78 is 6.18. The monoisotopic (exact) mass is 250 g/mol. The van der Waals surface area contributed by atoms with Crippen molar-refractivity contribution in [1.29, 1.82) is 0 Å². The van der Waals surface area contributed by atoms with E-state index in [0.29, 0.717) is 0 Å². The van der Waals surface area contributed by atoms with Crippen LogP contribution in [0.4, 0.5) is 0 Å². The SMILES string of the molecule is C/C=C(\O)[C@](C)(O[Si](C)(C)C)c1ccccc1. The first-order chi connectivity index (χ1) is 7.79. The van der Waals surface area contributed by atoms with Gasteiger partial charge in [0, 0.05) is 0 Å². The molecule has 1 aromatic carbocycles. The van der Waals surface area contributed by atoms with Crippen LogP contribution in [0.25, 0.3) is 0 Å². The van der Waals surface area contributed by atoms with Gasteiger partial charge in [0.1, 0.15) is 11.4 Å². The van der Waals surface area contributed by atoms with Crippen molar-refractivity contribution in [2.75, 3.05) is 0 Å². The van der Waals surface area contributed by atoms with Crippen molar-refractivity contribution in [1.82, 2.24) is 0 Å². The summed E-state index contributed by atoms with van der Waals surface area (Å²) in [6.07, 6.45) is 1.70. The fourth-order valence-corrected chi connectivity index (χ4v) is 3.35. The second-order valence-corrected chi connectivity index (χ2v) is 9.72. The Morgan fingerprint density at radius 3 is 2.18 bits per heavy atom. The van der Waals surface area contributed by atoms with Crippen molar-refractivity contribution in [2.45, 2.75) is 39.1 Å². The van der Waals surface area contributed by atoms with Gasteiger partial charge in [0.2, 0.25) is 0 Å². The molecule has 0 saturated heterocycles. The molecule has 0 aromatic heterocycles. The molecule has 0 bridgehead atoms. The van der Waals surface area contributed by atoms with Crippen molar-refractivity contribution >= 4 is 8.32 Å². The van der Waals surface area contributed by atoms with Crippen LogP contribution in [0.2, 0.25) is 19.6 Å². The van der Waals surface area contributed by atoms with Crippen LogP contribution >= 0.6 is 0 Å². The number of allylic oxidation sites excluding steroid dienone is 1. The van der Waals surface area contributed by atoms with Gasteiger partial charge in [0.25, 0.3) is 0 Å². The van der Waals surface area contributed by atoms with Crippen LogP contribution in [-0.4, -0.2) is 13.4 Å². The standard InChI is InChI=1S/C14H22O2Si/c1-6-13(15)14(2,16-17(3,4)5)12-10-8-7-9-11-12/h6-11,15H,1-5H3/b13-6-/t14-/m1/s1. The fraction of sp³-hybridized carbons (Fsp3) is 0.429. The van der Waals surface area contributed by atoms with Crippen LogP contribution < -0.4 is 0 Å². The van der Waals surface area contributed by atoms with Gasteiger partial charge in [-0.2, -0.15) is 0 Å². The molecule has 94 valence electrons. The zero-order valence-electron chi connectivity index (χ0n) is 11.3. The van der Waals surface area contributed by atoms with E-state index in [2.05, 4.69) is 19.6 Å². The Morgan fingerprint density at radius 2 is 1.76 bits per heavy atom. The normalized spacial score (nSPS) is 16.6. The van der Waals surface area contributed by atoms with E-state index in [-0.39, 0.29) is 5.76 Å². The zero-order valence-corrected chi connectivity index (χ0v) is 12.3. The molecule has 0 aliphatic carbocycles. The molecular weight excluding hydrogens is 228 g/mol. The third kappa shape index (κ3) is 3.45. The maximum Gasteiger partial charge on any atom is 0.185 e. The Bertz CT molecular complexity index is 392. The van der Waals surface area contributed by atoms with E-state index in [1.165, 1.54) is 0 Å². The molecule has 1 aromatic rings. The Hall–Kier alpha value is -1.06. The summed E-state index contributed by atoms with van der Waals surface area (Å²) >= 11 is 0. The van der Waals surface area contributed by atoms with E-state index in [9.17, 15) is 5.11 Å². The molecule has 17 heavy (non-hydrogen) atoms. The van der Waals surface area contributed by atoms with Crippen LogP contribution in [-0.2, 0) is 10.0 Å². The molecule has 0 heterocycles. The van der Waals surface area contributed by atoms with Gasteiger partial charge in [-0.05, 0) is 45.1 Å². The van der Waals surface area contributed by atoms with Gasteiger partial charge in [0.15, 0.2) is 8.32 Å². The Balaban J connectivity index is 3.21. The number of aliphatic hydroxyl groups is 1. The predicted molar refractivity (Wildman–Crippen MR) is 74.6 cm³/mol. The first-order valence-corrected chi connectivity index (χ1v) is 9.32. The van der Waals surface area contributed by atoms with E-state index >= 15 is 0 Å². The molecule has 0 radical (unpaired) electrons. The molecule has 1 N–H and O–H groups in total. The molecular formula is C14H22O2Si. The zero-order chi connectivity index (χ0) is 13.1. The van der Waals surface area contributed by atoms with Gasteiger partial charge in [-0.3, -0.25) is 0 Å². The third-order valence-corrected chi connectivity index (χ3v) is 3.62. The van der Waals surface area contributed by atoms with Crippen molar-refractivity contribution < 1.29 is 9.53 Å². The number of hydrogen-bond acceptors (Lipinski definition) is 2. The highest BCUT2D eigenvalue weighted by Gasteiger charge is 2.36. The largest absolute Gasteiger partial charge is 0.509 e. The number of hydrogen-bond donors (Lipinski definition) is 1. The molecule has 0 saturated carbocycles. The second-order valence-electron chi connectivity index (χ2n) is 5.29. The van der Waals surface area contributed by atoms with E-state index in [0.717, 1.165) is 5.56 Å². The lowest BCUT2D eigenvalue weighted by Crippen LogP contribution is -2.40. The van der Waals surface area contributed by atoms with Crippen LogP contribution in [0.5, 0.6) is 0 Å². The van der Waals surface area contributed by atoms with Crippen LogP contribution in [0.1, 0.15) is 19.4 Å². The molecule has 0 spiro atoms. The quantitative estimate of drug-likeness (QED) is 0.640. The van der Waals surface area contributed by atoms with Gasteiger partial charge in [-0.1, -0.05) is 30.3 Å². The molecule has 3 heteroatoms. The molecule has 0 aliphatic heterocycles. The summed E-state index contributed by atoms with van der Waals surface area (Å²) in [6, 6.07) is 9.86. The topological polar surface area (TPSA) is 29.5 Å². The van der Waals surface area contributed by atoms with E-state index < -0.39 is 13.9 Å². The minimum absolute atomic E-state index is 0.270. The number of rotatable bonds is 4. The molecule has 1 atom stereocenters. The smallest absolute Gasteiger partial charge is 0.185 e. The molecule has 2 nitrogen and oxygen atoms in total. The lowest BCUT2D eigenvalue weighted by molar-refractivity contribution is 0.0686. The summed E-state index contributed by atoms with van der Waals surface area (Å²) in [5.74, 6) is 0.270. The summed E-state index contributed by atoms with van der Waals surface area (Å²) in [5, 5.41) is 10.2. The Kier molecular flexibility index (Phi) is 4.17. The summed E-state index contributed by atoms with van der Waals surface area (Å²) in [6.45, 7) is 10.1. The molecule has 0 amide bonds. The highest BCUT2D eigenvalue weighted by molar-refractivity contribution is 6.69. The fourth-order valence-electron chi connectivity index (χ4n) is 1.90. The summed E-state index contributed by atoms with van der Waals surface area (Å²) in [4.78, 5) is 0. The highest BCUT2D eigenvalue weighted by Crippen LogP contribution is 2.34. The average Bonchev–Trinajstić information content (AvgIpc) is 2.26.